The number of hydrazine groups is 1. The van der Waals surface area contributed by atoms with E-state index >= 15 is 0 Å². The fourth-order valence-corrected chi connectivity index (χ4v) is 4.42. The van der Waals surface area contributed by atoms with E-state index in [-0.39, 0.29) is 23.6 Å². The van der Waals surface area contributed by atoms with Crippen LogP contribution in [0.25, 0.3) is 10.9 Å². The fourth-order valence-electron chi connectivity index (χ4n) is 4.42. The summed E-state index contributed by atoms with van der Waals surface area (Å²) >= 11 is 0. The van der Waals surface area contributed by atoms with E-state index in [4.69, 9.17) is 4.74 Å². The second-order valence-electron chi connectivity index (χ2n) is 7.98. The molecule has 8 heteroatoms. The van der Waals surface area contributed by atoms with Gasteiger partial charge in [0.1, 0.15) is 17.6 Å². The molecule has 3 heterocycles. The van der Waals surface area contributed by atoms with Crippen molar-refractivity contribution >= 4 is 16.8 Å². The molecule has 1 fully saturated rings. The van der Waals surface area contributed by atoms with Gasteiger partial charge in [-0.15, -0.1) is 0 Å². The number of amides is 1. The molecule has 0 radical (unpaired) electrons. The number of hydrogen-bond acceptors (Lipinski definition) is 6. The van der Waals surface area contributed by atoms with Gasteiger partial charge in [-0.2, -0.15) is 0 Å². The number of hydrogen-bond donors (Lipinski definition) is 2. The Bertz CT molecular complexity index is 1170. The summed E-state index contributed by atoms with van der Waals surface area (Å²) < 4.78 is 6.93. The Labute approximate surface area is 179 Å². The third-order valence-electron chi connectivity index (χ3n) is 6.17. The minimum Gasteiger partial charge on any atom is -0.497 e. The van der Waals surface area contributed by atoms with Crippen molar-refractivity contribution in [2.24, 2.45) is 0 Å². The van der Waals surface area contributed by atoms with Crippen molar-refractivity contribution in [2.75, 3.05) is 20.2 Å². The normalized spacial score (nSPS) is 21.0. The minimum absolute atomic E-state index is 0.0323. The van der Waals surface area contributed by atoms with Crippen LogP contribution in [-0.2, 0) is 17.8 Å². The van der Waals surface area contributed by atoms with Crippen molar-refractivity contribution in [3.8, 4) is 5.75 Å². The van der Waals surface area contributed by atoms with E-state index in [1.807, 2.05) is 47.4 Å². The van der Waals surface area contributed by atoms with Gasteiger partial charge in [0.15, 0.2) is 0 Å². The molecule has 1 amide bonds. The summed E-state index contributed by atoms with van der Waals surface area (Å²) in [5, 5.41) is 0.620. The number of nitrogens with one attached hydrogen (secondary N) is 2. The molecule has 3 aromatic rings. The quantitative estimate of drug-likeness (QED) is 0.667. The smallest absolute Gasteiger partial charge is 0.261 e. The molecular formula is C23H25N5O3. The Morgan fingerprint density at radius 2 is 1.87 bits per heavy atom. The van der Waals surface area contributed by atoms with E-state index in [1.165, 1.54) is 0 Å². The van der Waals surface area contributed by atoms with Gasteiger partial charge in [0, 0.05) is 32.1 Å². The molecule has 5 rings (SSSR count). The summed E-state index contributed by atoms with van der Waals surface area (Å²) in [7, 11) is 1.64. The lowest BCUT2D eigenvalue weighted by atomic mass is 10.0. The van der Waals surface area contributed by atoms with Crippen LogP contribution in [0.1, 0.15) is 23.9 Å². The number of aromatic nitrogens is 2. The van der Waals surface area contributed by atoms with Crippen molar-refractivity contribution < 1.29 is 9.53 Å². The molecule has 8 nitrogen and oxygen atoms in total. The third-order valence-corrected chi connectivity index (χ3v) is 6.17. The van der Waals surface area contributed by atoms with Crippen LogP contribution < -0.4 is 21.1 Å². The highest BCUT2D eigenvalue weighted by molar-refractivity contribution is 5.82. The summed E-state index contributed by atoms with van der Waals surface area (Å²) in [6, 6.07) is 15.0. The molecule has 1 saturated heterocycles. The number of carbonyl (C=O) groups is 1. The second-order valence-corrected chi connectivity index (χ2v) is 7.98. The zero-order valence-corrected chi connectivity index (χ0v) is 17.4. The maximum Gasteiger partial charge on any atom is 0.261 e. The van der Waals surface area contributed by atoms with Crippen LogP contribution in [0.5, 0.6) is 5.75 Å². The van der Waals surface area contributed by atoms with Gasteiger partial charge in [-0.05, 0) is 36.2 Å². The van der Waals surface area contributed by atoms with Gasteiger partial charge in [0.05, 0.1) is 18.0 Å². The predicted octanol–water partition coefficient (Wildman–Crippen LogP) is 1.40. The van der Waals surface area contributed by atoms with Crippen molar-refractivity contribution in [3.63, 3.8) is 0 Å². The number of fused-ring (bicyclic) bond motifs is 2. The van der Waals surface area contributed by atoms with Gasteiger partial charge in [-0.3, -0.25) is 14.2 Å². The lowest BCUT2D eigenvalue weighted by molar-refractivity contribution is -0.133. The van der Waals surface area contributed by atoms with Crippen molar-refractivity contribution in [1.29, 1.82) is 0 Å². The highest BCUT2D eigenvalue weighted by atomic mass is 16.5. The van der Waals surface area contributed by atoms with Crippen molar-refractivity contribution in [2.45, 2.75) is 31.5 Å². The monoisotopic (exact) mass is 419 g/mol. The summed E-state index contributed by atoms with van der Waals surface area (Å²) in [5.41, 5.74) is 8.18. The zero-order chi connectivity index (χ0) is 21.4. The average molecular weight is 419 g/mol. The molecule has 0 bridgehead atoms. The van der Waals surface area contributed by atoms with E-state index in [0.717, 1.165) is 17.1 Å². The first-order valence-corrected chi connectivity index (χ1v) is 10.6. The van der Waals surface area contributed by atoms with E-state index in [0.29, 0.717) is 43.4 Å². The average Bonchev–Trinajstić information content (AvgIpc) is 3.20. The van der Waals surface area contributed by atoms with Crippen LogP contribution in [0.4, 0.5) is 0 Å². The molecule has 160 valence electrons. The van der Waals surface area contributed by atoms with Gasteiger partial charge in [0.2, 0.25) is 5.91 Å². The van der Waals surface area contributed by atoms with E-state index in [2.05, 4.69) is 15.8 Å². The minimum atomic E-state index is -0.308. The second kappa shape index (κ2) is 8.13. The maximum absolute atomic E-state index is 13.2. The number of ether oxygens (including phenoxy) is 1. The SMILES string of the molecule is COc1ccc(C2CC(C(=O)N3CCc4nc5ccccc5c(=O)n4CC3)NN2)cc1. The first-order valence-electron chi connectivity index (χ1n) is 10.6. The first kappa shape index (κ1) is 19.7. The van der Waals surface area contributed by atoms with E-state index < -0.39 is 0 Å². The molecule has 2 aliphatic heterocycles. The largest absolute Gasteiger partial charge is 0.497 e. The summed E-state index contributed by atoms with van der Waals surface area (Å²) in [6.07, 6.45) is 1.23. The van der Waals surface area contributed by atoms with E-state index in [1.54, 1.807) is 17.7 Å². The van der Waals surface area contributed by atoms with Crippen LogP contribution in [0, 0.1) is 0 Å². The number of rotatable bonds is 3. The molecule has 0 saturated carbocycles. The summed E-state index contributed by atoms with van der Waals surface area (Å²) in [4.78, 5) is 32.6. The topological polar surface area (TPSA) is 88.5 Å². The number of nitrogens with zero attached hydrogens (tertiary/aromatic N) is 3. The highest BCUT2D eigenvalue weighted by Crippen LogP contribution is 2.25. The van der Waals surface area contributed by atoms with Crippen LogP contribution in [0.15, 0.2) is 53.3 Å². The van der Waals surface area contributed by atoms with Gasteiger partial charge in [0.25, 0.3) is 5.56 Å². The van der Waals surface area contributed by atoms with Crippen LogP contribution in [-0.4, -0.2) is 46.6 Å². The van der Waals surface area contributed by atoms with Crippen LogP contribution in [0.2, 0.25) is 0 Å². The van der Waals surface area contributed by atoms with Crippen LogP contribution >= 0.6 is 0 Å². The lowest BCUT2D eigenvalue weighted by Gasteiger charge is -2.23. The lowest BCUT2D eigenvalue weighted by Crippen LogP contribution is -2.46. The molecule has 2 aliphatic rings. The standard InChI is InChI=1S/C23H25N5O3/c1-31-16-8-6-15(7-9-16)19-14-20(26-25-19)23(30)27-11-10-21-24-18-5-3-2-4-17(18)22(29)28(21)13-12-27/h2-9,19-20,25-26H,10-14H2,1H3. The first-order chi connectivity index (χ1) is 15.1. The van der Waals surface area contributed by atoms with Gasteiger partial charge < -0.3 is 9.64 Å². The molecule has 2 atom stereocenters. The molecule has 2 N–H and O–H groups in total. The summed E-state index contributed by atoms with van der Waals surface area (Å²) in [6.45, 7) is 1.51. The number of para-hydroxylation sites is 1. The Kier molecular flexibility index (Phi) is 5.17. The number of carbonyl (C=O) groups excluding carboxylic acids is 1. The Morgan fingerprint density at radius 3 is 2.68 bits per heavy atom. The van der Waals surface area contributed by atoms with Crippen molar-refractivity contribution in [1.82, 2.24) is 25.3 Å². The number of benzene rings is 2. The maximum atomic E-state index is 13.2. The van der Waals surface area contributed by atoms with Crippen LogP contribution in [0.3, 0.4) is 0 Å². The Hall–Kier alpha value is -3.23. The van der Waals surface area contributed by atoms with Gasteiger partial charge in [-0.1, -0.05) is 24.3 Å². The Morgan fingerprint density at radius 1 is 1.06 bits per heavy atom. The van der Waals surface area contributed by atoms with E-state index in [9.17, 15) is 9.59 Å². The molecule has 0 aliphatic carbocycles. The fraction of sp³-hybridized carbons (Fsp3) is 0.348. The van der Waals surface area contributed by atoms with Gasteiger partial charge in [-0.25, -0.2) is 15.8 Å². The Balaban J connectivity index is 1.29. The van der Waals surface area contributed by atoms with Crippen molar-refractivity contribution in [3.05, 3.63) is 70.3 Å². The molecular weight excluding hydrogens is 394 g/mol. The molecule has 0 spiro atoms. The molecule has 2 unspecified atom stereocenters. The summed E-state index contributed by atoms with van der Waals surface area (Å²) in [5.74, 6) is 1.60. The molecule has 2 aromatic carbocycles. The van der Waals surface area contributed by atoms with Gasteiger partial charge >= 0.3 is 0 Å². The molecule has 31 heavy (non-hydrogen) atoms. The molecule has 1 aromatic heterocycles. The number of methoxy groups -OCH3 is 1. The highest BCUT2D eigenvalue weighted by Gasteiger charge is 2.33. The zero-order valence-electron chi connectivity index (χ0n) is 17.4. The third kappa shape index (κ3) is 3.68. The predicted molar refractivity (Wildman–Crippen MR) is 117 cm³/mol.